The molecule has 0 saturated heterocycles. The van der Waals surface area contributed by atoms with Gasteiger partial charge in [-0.25, -0.2) is 4.98 Å². The predicted molar refractivity (Wildman–Crippen MR) is 125 cm³/mol. The molecule has 1 N–H and O–H groups in total. The van der Waals surface area contributed by atoms with Crippen LogP contribution < -0.4 is 19.5 Å². The van der Waals surface area contributed by atoms with E-state index in [9.17, 15) is 14.4 Å². The Bertz CT molecular complexity index is 1040. The zero-order chi connectivity index (χ0) is 25.4. The van der Waals surface area contributed by atoms with Crippen LogP contribution in [0.4, 0.5) is 0 Å². The van der Waals surface area contributed by atoms with Crippen LogP contribution in [-0.4, -0.2) is 49.7 Å². The van der Waals surface area contributed by atoms with Crippen molar-refractivity contribution in [3.05, 3.63) is 47.3 Å². The average molecular weight is 473 g/mol. The van der Waals surface area contributed by atoms with Crippen molar-refractivity contribution < 1.29 is 33.3 Å². The second-order valence-corrected chi connectivity index (χ2v) is 8.16. The summed E-state index contributed by atoms with van der Waals surface area (Å²) in [4.78, 5) is 41.2. The lowest BCUT2D eigenvalue weighted by molar-refractivity contribution is -0.147. The first kappa shape index (κ1) is 26.6. The molecule has 0 aliphatic heterocycles. The van der Waals surface area contributed by atoms with E-state index in [0.717, 1.165) is 16.9 Å². The number of carbonyl (C=O) groups excluding carboxylic acids is 3. The summed E-state index contributed by atoms with van der Waals surface area (Å²) < 4.78 is 21.3. The van der Waals surface area contributed by atoms with Gasteiger partial charge in [0.05, 0.1) is 20.1 Å². The maximum Gasteiger partial charge on any atom is 0.325 e. The van der Waals surface area contributed by atoms with E-state index in [0.29, 0.717) is 0 Å². The third-order valence-electron chi connectivity index (χ3n) is 5.36. The third kappa shape index (κ3) is 6.69. The van der Waals surface area contributed by atoms with Gasteiger partial charge >= 0.3 is 11.9 Å². The molecule has 0 aliphatic rings. The summed E-state index contributed by atoms with van der Waals surface area (Å²) in [5.41, 5.74) is 1.88. The molecule has 1 amide bonds. The number of esters is 2. The Kier molecular flexibility index (Phi) is 9.41. The molecule has 1 heterocycles. The Morgan fingerprint density at radius 1 is 1.03 bits per heavy atom. The van der Waals surface area contributed by atoms with Crippen molar-refractivity contribution in [1.29, 1.82) is 0 Å². The molecule has 0 bridgehead atoms. The molecule has 2 rings (SSSR count). The van der Waals surface area contributed by atoms with Crippen LogP contribution in [0.25, 0.3) is 0 Å². The van der Waals surface area contributed by atoms with Crippen molar-refractivity contribution in [2.24, 2.45) is 5.92 Å². The molecule has 1 aromatic carbocycles. The Morgan fingerprint density at radius 2 is 1.74 bits per heavy atom. The van der Waals surface area contributed by atoms with E-state index < -0.39 is 29.9 Å². The Morgan fingerprint density at radius 3 is 2.32 bits per heavy atom. The molecule has 0 saturated carbocycles. The minimum atomic E-state index is -0.700. The number of methoxy groups -OCH3 is 2. The lowest BCUT2D eigenvalue weighted by Crippen LogP contribution is -2.34. The van der Waals surface area contributed by atoms with Gasteiger partial charge in [0.15, 0.2) is 11.4 Å². The largest absolute Gasteiger partial charge is 0.497 e. The first-order valence-electron chi connectivity index (χ1n) is 11.0. The summed E-state index contributed by atoms with van der Waals surface area (Å²) in [5, 5.41) is 2.46. The standard InChI is InChI=1S/C25H32N2O7/c1-14(2)25(30)34-23-20(32-7)10-11-26-22(23)24(29)27-13-21(28)33-17(5)16(4)19-9-8-18(31-6)12-15(19)3/h8-12,14,16-17H,13H2,1-7H3,(H,27,29)/t16-,17+/m1/s1. The van der Waals surface area contributed by atoms with E-state index >= 15 is 0 Å². The van der Waals surface area contributed by atoms with Gasteiger partial charge in [0.2, 0.25) is 5.75 Å². The van der Waals surface area contributed by atoms with E-state index in [1.165, 1.54) is 19.4 Å². The molecular weight excluding hydrogens is 440 g/mol. The molecule has 34 heavy (non-hydrogen) atoms. The number of benzene rings is 1. The molecule has 9 nitrogen and oxygen atoms in total. The molecule has 2 aromatic rings. The highest BCUT2D eigenvalue weighted by Crippen LogP contribution is 2.30. The topological polar surface area (TPSA) is 113 Å². The van der Waals surface area contributed by atoms with Crippen LogP contribution in [0, 0.1) is 12.8 Å². The second kappa shape index (κ2) is 12.0. The summed E-state index contributed by atoms with van der Waals surface area (Å²) >= 11 is 0. The van der Waals surface area contributed by atoms with Gasteiger partial charge in [-0.1, -0.05) is 26.8 Å². The summed E-state index contributed by atoms with van der Waals surface area (Å²) in [7, 11) is 2.99. The molecule has 0 spiro atoms. The number of rotatable bonds is 10. The van der Waals surface area contributed by atoms with Crippen molar-refractivity contribution >= 4 is 17.8 Å². The van der Waals surface area contributed by atoms with Gasteiger partial charge in [-0.05, 0) is 37.1 Å². The van der Waals surface area contributed by atoms with Crippen LogP contribution >= 0.6 is 0 Å². The summed E-state index contributed by atoms with van der Waals surface area (Å²) in [5.74, 6) is -1.53. The first-order valence-corrected chi connectivity index (χ1v) is 11.0. The molecule has 0 fully saturated rings. The molecular formula is C25H32N2O7. The van der Waals surface area contributed by atoms with E-state index in [1.807, 2.05) is 32.0 Å². The van der Waals surface area contributed by atoms with Gasteiger partial charge in [0, 0.05) is 18.2 Å². The van der Waals surface area contributed by atoms with Crippen molar-refractivity contribution in [2.45, 2.75) is 46.6 Å². The number of carbonyl (C=O) groups is 3. The minimum Gasteiger partial charge on any atom is -0.497 e. The monoisotopic (exact) mass is 472 g/mol. The number of nitrogens with zero attached hydrogens (tertiary/aromatic N) is 1. The number of nitrogens with one attached hydrogen (secondary N) is 1. The maximum atomic E-state index is 12.7. The average Bonchev–Trinajstić information content (AvgIpc) is 2.81. The van der Waals surface area contributed by atoms with Crippen LogP contribution in [0.3, 0.4) is 0 Å². The quantitative estimate of drug-likeness (QED) is 0.523. The van der Waals surface area contributed by atoms with E-state index in [1.54, 1.807) is 27.9 Å². The van der Waals surface area contributed by atoms with Gasteiger partial charge in [0.1, 0.15) is 18.4 Å². The Hall–Kier alpha value is -3.62. The van der Waals surface area contributed by atoms with Crippen molar-refractivity contribution in [3.8, 4) is 17.2 Å². The molecule has 184 valence electrons. The SMILES string of the molecule is COc1ccc([C@H](C)[C@H](C)OC(=O)CNC(=O)c2nccc(OC)c2OC(=O)C(C)C)c(C)c1. The highest BCUT2D eigenvalue weighted by Gasteiger charge is 2.24. The fraction of sp³-hybridized carbons (Fsp3) is 0.440. The molecule has 0 unspecified atom stereocenters. The smallest absolute Gasteiger partial charge is 0.325 e. The number of aromatic nitrogens is 1. The Balaban J connectivity index is 2.03. The molecule has 9 heteroatoms. The molecule has 2 atom stereocenters. The number of aryl methyl sites for hydroxylation is 1. The van der Waals surface area contributed by atoms with Gasteiger partial charge in [-0.3, -0.25) is 14.4 Å². The zero-order valence-corrected chi connectivity index (χ0v) is 20.6. The van der Waals surface area contributed by atoms with Gasteiger partial charge in [-0.15, -0.1) is 0 Å². The maximum absolute atomic E-state index is 12.7. The number of pyridine rings is 1. The van der Waals surface area contributed by atoms with Crippen LogP contribution in [0.5, 0.6) is 17.2 Å². The summed E-state index contributed by atoms with van der Waals surface area (Å²) in [6.07, 6.45) is 0.911. The fourth-order valence-electron chi connectivity index (χ4n) is 3.20. The fourth-order valence-corrected chi connectivity index (χ4v) is 3.20. The lowest BCUT2D eigenvalue weighted by Gasteiger charge is -2.23. The van der Waals surface area contributed by atoms with Crippen molar-refractivity contribution in [2.75, 3.05) is 20.8 Å². The van der Waals surface area contributed by atoms with E-state index in [-0.39, 0.29) is 29.7 Å². The number of ether oxygens (including phenoxy) is 4. The second-order valence-electron chi connectivity index (χ2n) is 8.16. The summed E-state index contributed by atoms with van der Waals surface area (Å²) in [6, 6.07) is 7.20. The molecule has 0 aliphatic carbocycles. The lowest BCUT2D eigenvalue weighted by atomic mass is 9.92. The number of hydrogen-bond acceptors (Lipinski definition) is 8. The highest BCUT2D eigenvalue weighted by atomic mass is 16.6. The molecule has 0 radical (unpaired) electrons. The third-order valence-corrected chi connectivity index (χ3v) is 5.36. The number of amides is 1. The Labute approximate surface area is 199 Å². The normalized spacial score (nSPS) is 12.5. The van der Waals surface area contributed by atoms with Crippen LogP contribution in [0.2, 0.25) is 0 Å². The van der Waals surface area contributed by atoms with Crippen LogP contribution in [-0.2, 0) is 14.3 Å². The predicted octanol–water partition coefficient (Wildman–Crippen LogP) is 3.43. The van der Waals surface area contributed by atoms with Gasteiger partial charge < -0.3 is 24.3 Å². The van der Waals surface area contributed by atoms with Crippen LogP contribution in [0.1, 0.15) is 55.2 Å². The van der Waals surface area contributed by atoms with E-state index in [2.05, 4.69) is 10.3 Å². The van der Waals surface area contributed by atoms with E-state index in [4.69, 9.17) is 18.9 Å². The van der Waals surface area contributed by atoms with Gasteiger partial charge in [0.25, 0.3) is 5.91 Å². The first-order chi connectivity index (χ1) is 16.1. The zero-order valence-electron chi connectivity index (χ0n) is 20.6. The number of hydrogen-bond donors (Lipinski definition) is 1. The van der Waals surface area contributed by atoms with Crippen LogP contribution in [0.15, 0.2) is 30.5 Å². The summed E-state index contributed by atoms with van der Waals surface area (Å²) in [6.45, 7) is 8.66. The van der Waals surface area contributed by atoms with Crippen molar-refractivity contribution in [1.82, 2.24) is 10.3 Å². The highest BCUT2D eigenvalue weighted by molar-refractivity contribution is 5.98. The van der Waals surface area contributed by atoms with Crippen molar-refractivity contribution in [3.63, 3.8) is 0 Å². The van der Waals surface area contributed by atoms with Gasteiger partial charge in [-0.2, -0.15) is 0 Å². The minimum absolute atomic E-state index is 0.0762. The molecule has 1 aromatic heterocycles.